The van der Waals surface area contributed by atoms with Gasteiger partial charge in [0.1, 0.15) is 0 Å². The number of carbonyl (C=O) groups is 1. The summed E-state index contributed by atoms with van der Waals surface area (Å²) in [6.07, 6.45) is 5.89. The first kappa shape index (κ1) is 18.3. The number of carbonyl (C=O) groups excluding carboxylic acids is 1. The first-order valence-electron chi connectivity index (χ1n) is 8.78. The summed E-state index contributed by atoms with van der Waals surface area (Å²) in [7, 11) is 0. The zero-order chi connectivity index (χ0) is 15.4. The summed E-state index contributed by atoms with van der Waals surface area (Å²) >= 11 is 0. The Bertz CT molecular complexity index is 489. The van der Waals surface area contributed by atoms with Crippen LogP contribution in [0, 0.1) is 11.8 Å². The molecule has 3 rings (SSSR count). The molecule has 1 aliphatic carbocycles. The molecule has 2 aliphatic rings. The summed E-state index contributed by atoms with van der Waals surface area (Å²) in [5.41, 5.74) is 1.25. The molecule has 2 atom stereocenters. The van der Waals surface area contributed by atoms with Crippen LogP contribution in [-0.4, -0.2) is 29.9 Å². The van der Waals surface area contributed by atoms with Gasteiger partial charge in [-0.25, -0.2) is 0 Å². The van der Waals surface area contributed by atoms with Gasteiger partial charge in [0.25, 0.3) is 0 Å². The zero-order valence-corrected chi connectivity index (χ0v) is 14.9. The highest BCUT2D eigenvalue weighted by molar-refractivity contribution is 5.85. The maximum absolute atomic E-state index is 13.0. The van der Waals surface area contributed by atoms with E-state index in [0.717, 1.165) is 38.4 Å². The Hall–Kier alpha value is -1.06. The van der Waals surface area contributed by atoms with Crippen LogP contribution in [0.4, 0.5) is 0 Å². The third-order valence-electron chi connectivity index (χ3n) is 5.20. The fraction of sp³-hybridized carbons (Fsp3) is 0.632. The standard InChI is InChI=1S/C19H28N2O.ClH/c1-15-12-18(10-11-20-15)19(22)21(14-17-8-5-9-17)13-16-6-3-2-4-7-16;/h2-4,6-7,15,17-18,20H,5,8-14H2,1H3;1H/t15-,18-;/m0./s1. The molecule has 128 valence electrons. The lowest BCUT2D eigenvalue weighted by molar-refractivity contribution is -0.138. The van der Waals surface area contributed by atoms with Crippen LogP contribution in [-0.2, 0) is 11.3 Å². The molecule has 1 N–H and O–H groups in total. The van der Waals surface area contributed by atoms with Crippen molar-refractivity contribution >= 4 is 18.3 Å². The average molecular weight is 337 g/mol. The molecule has 23 heavy (non-hydrogen) atoms. The summed E-state index contributed by atoms with van der Waals surface area (Å²) < 4.78 is 0. The molecule has 1 saturated carbocycles. The monoisotopic (exact) mass is 336 g/mol. The Balaban J connectivity index is 0.00000192. The lowest BCUT2D eigenvalue weighted by Crippen LogP contribution is -2.45. The molecule has 1 amide bonds. The fourth-order valence-corrected chi connectivity index (χ4v) is 3.64. The Morgan fingerprint density at radius 2 is 1.96 bits per heavy atom. The predicted octanol–water partition coefficient (Wildman–Crippen LogP) is 3.63. The number of amides is 1. The number of nitrogens with one attached hydrogen (secondary N) is 1. The summed E-state index contributed by atoms with van der Waals surface area (Å²) in [6, 6.07) is 10.9. The SMILES string of the molecule is C[C@H]1C[C@@H](C(=O)N(Cc2ccccc2)CC2CCC2)CCN1.Cl. The normalized spacial score (nSPS) is 24.4. The molecule has 0 bridgehead atoms. The molecule has 4 heteroatoms. The average Bonchev–Trinajstić information content (AvgIpc) is 2.50. The van der Waals surface area contributed by atoms with Gasteiger partial charge in [-0.1, -0.05) is 36.8 Å². The van der Waals surface area contributed by atoms with E-state index in [4.69, 9.17) is 0 Å². The van der Waals surface area contributed by atoms with Crippen molar-refractivity contribution in [3.8, 4) is 0 Å². The second-order valence-corrected chi connectivity index (χ2v) is 7.08. The largest absolute Gasteiger partial charge is 0.338 e. The lowest BCUT2D eigenvalue weighted by atomic mass is 9.84. The number of nitrogens with zero attached hydrogens (tertiary/aromatic N) is 1. The van der Waals surface area contributed by atoms with Gasteiger partial charge in [0.05, 0.1) is 0 Å². The summed E-state index contributed by atoms with van der Waals surface area (Å²) in [6.45, 7) is 4.88. The molecule has 1 saturated heterocycles. The van der Waals surface area contributed by atoms with Crippen molar-refractivity contribution in [2.75, 3.05) is 13.1 Å². The molecule has 3 nitrogen and oxygen atoms in total. The molecule has 0 radical (unpaired) electrons. The van der Waals surface area contributed by atoms with Crippen LogP contribution in [0.15, 0.2) is 30.3 Å². The number of benzene rings is 1. The van der Waals surface area contributed by atoms with Gasteiger partial charge in [-0.05, 0) is 50.6 Å². The third kappa shape index (κ3) is 4.95. The van der Waals surface area contributed by atoms with E-state index >= 15 is 0 Å². The van der Waals surface area contributed by atoms with Crippen molar-refractivity contribution in [3.05, 3.63) is 35.9 Å². The number of hydrogen-bond acceptors (Lipinski definition) is 2. The number of halogens is 1. The van der Waals surface area contributed by atoms with E-state index < -0.39 is 0 Å². The van der Waals surface area contributed by atoms with E-state index in [1.54, 1.807) is 0 Å². The first-order chi connectivity index (χ1) is 10.7. The van der Waals surface area contributed by atoms with Crippen molar-refractivity contribution in [2.45, 2.75) is 51.6 Å². The first-order valence-corrected chi connectivity index (χ1v) is 8.78. The van der Waals surface area contributed by atoms with E-state index in [1.165, 1.54) is 24.8 Å². The van der Waals surface area contributed by atoms with Crippen LogP contribution in [0.5, 0.6) is 0 Å². The minimum atomic E-state index is 0. The van der Waals surface area contributed by atoms with Gasteiger partial charge in [0.2, 0.25) is 5.91 Å². The van der Waals surface area contributed by atoms with Gasteiger partial charge in [0, 0.05) is 25.0 Å². The molecular weight excluding hydrogens is 308 g/mol. The Kier molecular flexibility index (Phi) is 6.91. The maximum atomic E-state index is 13.0. The molecule has 1 aliphatic heterocycles. The van der Waals surface area contributed by atoms with E-state index in [1.807, 2.05) is 6.07 Å². The zero-order valence-electron chi connectivity index (χ0n) is 14.0. The van der Waals surface area contributed by atoms with Crippen LogP contribution in [0.1, 0.15) is 44.6 Å². The maximum Gasteiger partial charge on any atom is 0.226 e. The van der Waals surface area contributed by atoms with Gasteiger partial charge in [-0.3, -0.25) is 4.79 Å². The van der Waals surface area contributed by atoms with Crippen molar-refractivity contribution in [1.82, 2.24) is 10.2 Å². The quantitative estimate of drug-likeness (QED) is 0.890. The van der Waals surface area contributed by atoms with Gasteiger partial charge < -0.3 is 10.2 Å². The molecule has 0 aromatic heterocycles. The Morgan fingerprint density at radius 3 is 2.57 bits per heavy atom. The van der Waals surface area contributed by atoms with Gasteiger partial charge in [0.15, 0.2) is 0 Å². The van der Waals surface area contributed by atoms with Crippen LogP contribution in [0.25, 0.3) is 0 Å². The van der Waals surface area contributed by atoms with Gasteiger partial charge in [-0.2, -0.15) is 0 Å². The van der Waals surface area contributed by atoms with Gasteiger partial charge in [-0.15, -0.1) is 12.4 Å². The second-order valence-electron chi connectivity index (χ2n) is 7.08. The van der Waals surface area contributed by atoms with Crippen molar-refractivity contribution < 1.29 is 4.79 Å². The number of hydrogen-bond donors (Lipinski definition) is 1. The molecule has 1 heterocycles. The molecule has 2 fully saturated rings. The van der Waals surface area contributed by atoms with Crippen LogP contribution >= 0.6 is 12.4 Å². The van der Waals surface area contributed by atoms with E-state index in [9.17, 15) is 4.79 Å². The third-order valence-corrected chi connectivity index (χ3v) is 5.20. The number of rotatable bonds is 5. The Morgan fingerprint density at radius 1 is 1.22 bits per heavy atom. The highest BCUT2D eigenvalue weighted by Gasteiger charge is 2.31. The van der Waals surface area contributed by atoms with Crippen molar-refractivity contribution in [2.24, 2.45) is 11.8 Å². The fourth-order valence-electron chi connectivity index (χ4n) is 3.64. The van der Waals surface area contributed by atoms with Crippen LogP contribution in [0.2, 0.25) is 0 Å². The summed E-state index contributed by atoms with van der Waals surface area (Å²) in [5, 5.41) is 3.45. The smallest absolute Gasteiger partial charge is 0.226 e. The lowest BCUT2D eigenvalue weighted by Gasteiger charge is -2.36. The molecule has 1 aromatic carbocycles. The van der Waals surface area contributed by atoms with E-state index in [2.05, 4.69) is 41.4 Å². The highest BCUT2D eigenvalue weighted by Crippen LogP contribution is 2.29. The summed E-state index contributed by atoms with van der Waals surface area (Å²) in [4.78, 5) is 15.2. The predicted molar refractivity (Wildman–Crippen MR) is 96.6 cm³/mol. The van der Waals surface area contributed by atoms with Crippen molar-refractivity contribution in [3.63, 3.8) is 0 Å². The minimum Gasteiger partial charge on any atom is -0.338 e. The highest BCUT2D eigenvalue weighted by atomic mass is 35.5. The Labute approximate surface area is 146 Å². The van der Waals surface area contributed by atoms with Crippen molar-refractivity contribution in [1.29, 1.82) is 0 Å². The summed E-state index contributed by atoms with van der Waals surface area (Å²) in [5.74, 6) is 1.32. The minimum absolute atomic E-state index is 0. The molecule has 0 spiro atoms. The molecule has 1 aromatic rings. The van der Waals surface area contributed by atoms with Crippen LogP contribution < -0.4 is 5.32 Å². The van der Waals surface area contributed by atoms with Crippen LogP contribution in [0.3, 0.4) is 0 Å². The van der Waals surface area contributed by atoms with Gasteiger partial charge >= 0.3 is 0 Å². The molecule has 0 unspecified atom stereocenters. The van der Waals surface area contributed by atoms with E-state index in [-0.39, 0.29) is 18.3 Å². The number of piperidine rings is 1. The topological polar surface area (TPSA) is 32.3 Å². The van der Waals surface area contributed by atoms with E-state index in [0.29, 0.717) is 11.9 Å². The second kappa shape index (κ2) is 8.70. The molecular formula is C19H29ClN2O.